The van der Waals surface area contributed by atoms with Crippen molar-refractivity contribution >= 4 is 11.7 Å². The number of furan rings is 1. The van der Waals surface area contributed by atoms with E-state index >= 15 is 0 Å². The lowest BCUT2D eigenvalue weighted by Crippen LogP contribution is -2.35. The first-order chi connectivity index (χ1) is 15.0. The summed E-state index contributed by atoms with van der Waals surface area (Å²) in [7, 11) is 2.00. The number of nitrogens with zero attached hydrogens (tertiary/aromatic N) is 3. The lowest BCUT2D eigenvalue weighted by Gasteiger charge is -2.32. The fourth-order valence-electron chi connectivity index (χ4n) is 4.58. The van der Waals surface area contributed by atoms with Gasteiger partial charge in [-0.1, -0.05) is 24.3 Å². The summed E-state index contributed by atoms with van der Waals surface area (Å²) in [5.74, 6) is 1.19. The summed E-state index contributed by atoms with van der Waals surface area (Å²) in [5.41, 5.74) is 5.01. The molecule has 0 bridgehead atoms. The second-order valence-electron chi connectivity index (χ2n) is 8.28. The summed E-state index contributed by atoms with van der Waals surface area (Å²) in [6, 6.07) is 14.7. The van der Waals surface area contributed by atoms with Crippen LogP contribution < -0.4 is 5.32 Å². The molecule has 2 aromatic heterocycles. The topological polar surface area (TPSA) is 74.2 Å². The van der Waals surface area contributed by atoms with Gasteiger partial charge in [-0.15, -0.1) is 0 Å². The molecule has 160 valence electrons. The van der Waals surface area contributed by atoms with Crippen LogP contribution in [0.4, 0.5) is 5.82 Å². The van der Waals surface area contributed by atoms with Gasteiger partial charge in [0.25, 0.3) is 0 Å². The Morgan fingerprint density at radius 2 is 2.10 bits per heavy atom. The van der Waals surface area contributed by atoms with Gasteiger partial charge in [-0.05, 0) is 69.0 Å². The van der Waals surface area contributed by atoms with Crippen molar-refractivity contribution in [3.8, 4) is 6.07 Å². The Hall–Kier alpha value is -3.30. The molecule has 3 aromatic rings. The molecule has 1 unspecified atom stereocenters. The van der Waals surface area contributed by atoms with E-state index in [4.69, 9.17) is 4.42 Å². The molecular formula is C25H28N4O2. The summed E-state index contributed by atoms with van der Waals surface area (Å²) >= 11 is 0. The van der Waals surface area contributed by atoms with Gasteiger partial charge in [-0.2, -0.15) is 5.26 Å². The van der Waals surface area contributed by atoms with Crippen molar-refractivity contribution in [2.75, 3.05) is 18.9 Å². The van der Waals surface area contributed by atoms with Crippen LogP contribution in [0.1, 0.15) is 52.6 Å². The zero-order chi connectivity index (χ0) is 22.0. The molecule has 4 rings (SSSR count). The molecule has 2 heterocycles. The van der Waals surface area contributed by atoms with Crippen molar-refractivity contribution in [1.82, 2.24) is 9.47 Å². The highest BCUT2D eigenvalue weighted by atomic mass is 16.3. The van der Waals surface area contributed by atoms with Crippen LogP contribution in [0, 0.1) is 25.2 Å². The Balaban J connectivity index is 1.54. The van der Waals surface area contributed by atoms with Crippen molar-refractivity contribution in [2.45, 2.75) is 45.7 Å². The first-order valence-corrected chi connectivity index (χ1v) is 10.7. The highest BCUT2D eigenvalue weighted by Gasteiger charge is 2.26. The number of nitrogens with one attached hydrogen (secondary N) is 1. The monoisotopic (exact) mass is 416 g/mol. The molecule has 1 aromatic carbocycles. The number of aromatic nitrogens is 1. The average Bonchev–Trinajstić information content (AvgIpc) is 3.36. The number of nitriles is 1. The average molecular weight is 417 g/mol. The molecule has 0 radical (unpaired) electrons. The fraction of sp³-hybridized carbons (Fsp3) is 0.360. The van der Waals surface area contributed by atoms with Crippen LogP contribution in [0.15, 0.2) is 47.1 Å². The molecule has 0 saturated carbocycles. The van der Waals surface area contributed by atoms with Gasteiger partial charge in [0.2, 0.25) is 5.91 Å². The van der Waals surface area contributed by atoms with Gasteiger partial charge in [0.1, 0.15) is 17.6 Å². The molecule has 1 atom stereocenters. The van der Waals surface area contributed by atoms with Gasteiger partial charge in [-0.3, -0.25) is 9.69 Å². The maximum absolute atomic E-state index is 13.0. The Morgan fingerprint density at radius 1 is 1.29 bits per heavy atom. The molecule has 6 heteroatoms. The third-order valence-corrected chi connectivity index (χ3v) is 6.36. The number of aryl methyl sites for hydroxylation is 1. The number of anilines is 1. The predicted octanol–water partition coefficient (Wildman–Crippen LogP) is 4.57. The molecule has 0 spiro atoms. The quantitative estimate of drug-likeness (QED) is 0.639. The van der Waals surface area contributed by atoms with E-state index in [2.05, 4.69) is 40.6 Å². The third-order valence-electron chi connectivity index (χ3n) is 6.36. The van der Waals surface area contributed by atoms with E-state index < -0.39 is 0 Å². The van der Waals surface area contributed by atoms with Crippen LogP contribution in [-0.4, -0.2) is 29.0 Å². The number of carbonyl (C=O) groups excluding carboxylic acids is 1. The molecule has 6 nitrogen and oxygen atoms in total. The zero-order valence-corrected chi connectivity index (χ0v) is 18.3. The first-order valence-electron chi connectivity index (χ1n) is 10.7. The molecule has 31 heavy (non-hydrogen) atoms. The molecule has 1 amide bonds. The molecule has 0 aliphatic heterocycles. The second kappa shape index (κ2) is 8.83. The molecule has 1 aliphatic rings. The van der Waals surface area contributed by atoms with Crippen molar-refractivity contribution in [1.29, 1.82) is 5.26 Å². The van der Waals surface area contributed by atoms with E-state index in [1.165, 1.54) is 11.1 Å². The van der Waals surface area contributed by atoms with Crippen molar-refractivity contribution in [3.63, 3.8) is 0 Å². The SMILES string of the molecule is Cc1c(C#N)c(NC(=O)CN(C)C2CCCc3ccccc32)n(Cc2ccco2)c1C. The molecule has 0 fully saturated rings. The molecule has 1 N–H and O–H groups in total. The number of hydrogen-bond donors (Lipinski definition) is 1. The fourth-order valence-corrected chi connectivity index (χ4v) is 4.58. The lowest BCUT2D eigenvalue weighted by molar-refractivity contribution is -0.117. The first kappa shape index (κ1) is 21.0. The minimum Gasteiger partial charge on any atom is -0.467 e. The standard InChI is InChI=1S/C25H28N4O2/c1-17-18(2)29(15-20-10-7-13-31-20)25(22(17)14-26)27-24(30)16-28(3)23-12-6-9-19-8-4-5-11-21(19)23/h4-5,7-8,10-11,13,23H,6,9,12,15-16H2,1-3H3,(H,27,30). The van der Waals surface area contributed by atoms with Crippen molar-refractivity contribution in [3.05, 3.63) is 76.4 Å². The normalized spacial score (nSPS) is 15.5. The lowest BCUT2D eigenvalue weighted by atomic mass is 9.87. The number of amides is 1. The minimum atomic E-state index is -0.125. The van der Waals surface area contributed by atoms with Crippen molar-refractivity contribution < 1.29 is 9.21 Å². The van der Waals surface area contributed by atoms with E-state index in [0.717, 1.165) is 36.3 Å². The van der Waals surface area contributed by atoms with Crippen molar-refractivity contribution in [2.24, 2.45) is 0 Å². The van der Waals surface area contributed by atoms with Gasteiger partial charge < -0.3 is 14.3 Å². The number of fused-ring (bicyclic) bond motifs is 1. The number of benzene rings is 1. The van der Waals surface area contributed by atoms with E-state index in [-0.39, 0.29) is 18.5 Å². The van der Waals surface area contributed by atoms with Crippen LogP contribution in [0.25, 0.3) is 0 Å². The van der Waals surface area contributed by atoms with E-state index in [0.29, 0.717) is 17.9 Å². The summed E-state index contributed by atoms with van der Waals surface area (Å²) in [6.07, 6.45) is 4.88. The minimum absolute atomic E-state index is 0.125. The Morgan fingerprint density at radius 3 is 2.84 bits per heavy atom. The Kier molecular flexibility index (Phi) is 5.97. The smallest absolute Gasteiger partial charge is 0.239 e. The number of carbonyl (C=O) groups is 1. The zero-order valence-electron chi connectivity index (χ0n) is 18.3. The maximum Gasteiger partial charge on any atom is 0.239 e. The predicted molar refractivity (Wildman–Crippen MR) is 120 cm³/mol. The van der Waals surface area contributed by atoms with Gasteiger partial charge in [-0.25, -0.2) is 0 Å². The van der Waals surface area contributed by atoms with Crippen LogP contribution in [0.3, 0.4) is 0 Å². The Labute approximate surface area is 183 Å². The summed E-state index contributed by atoms with van der Waals surface area (Å²) in [5, 5.41) is 12.7. The summed E-state index contributed by atoms with van der Waals surface area (Å²) in [6.45, 7) is 4.59. The van der Waals surface area contributed by atoms with E-state index in [1.807, 2.05) is 37.6 Å². The number of rotatable bonds is 6. The molecular weight excluding hydrogens is 388 g/mol. The van der Waals surface area contributed by atoms with E-state index in [1.54, 1.807) is 6.26 Å². The number of likely N-dealkylation sites (N-methyl/N-ethyl adjacent to an activating group) is 1. The summed E-state index contributed by atoms with van der Waals surface area (Å²) in [4.78, 5) is 15.1. The van der Waals surface area contributed by atoms with Gasteiger partial charge in [0, 0.05) is 11.7 Å². The molecule has 0 saturated heterocycles. The van der Waals surface area contributed by atoms with Gasteiger partial charge in [0.05, 0.1) is 24.9 Å². The van der Waals surface area contributed by atoms with Gasteiger partial charge >= 0.3 is 0 Å². The van der Waals surface area contributed by atoms with Gasteiger partial charge in [0.15, 0.2) is 0 Å². The number of hydrogen-bond acceptors (Lipinski definition) is 4. The maximum atomic E-state index is 13.0. The second-order valence-corrected chi connectivity index (χ2v) is 8.28. The summed E-state index contributed by atoms with van der Waals surface area (Å²) < 4.78 is 7.43. The van der Waals surface area contributed by atoms with Crippen LogP contribution in [0.5, 0.6) is 0 Å². The van der Waals surface area contributed by atoms with Crippen LogP contribution in [0.2, 0.25) is 0 Å². The van der Waals surface area contributed by atoms with Crippen LogP contribution >= 0.6 is 0 Å². The largest absolute Gasteiger partial charge is 0.467 e. The molecule has 1 aliphatic carbocycles. The van der Waals surface area contributed by atoms with E-state index in [9.17, 15) is 10.1 Å². The van der Waals surface area contributed by atoms with Crippen LogP contribution in [-0.2, 0) is 17.8 Å². The highest BCUT2D eigenvalue weighted by molar-refractivity contribution is 5.93. The third kappa shape index (κ3) is 4.14. The Bertz CT molecular complexity index is 1120. The highest BCUT2D eigenvalue weighted by Crippen LogP contribution is 2.33.